The molecule has 2 aliphatic rings. The van der Waals surface area contributed by atoms with Crippen LogP contribution < -0.4 is 0 Å². The van der Waals surface area contributed by atoms with Crippen LogP contribution in [0.4, 0.5) is 0 Å². The quantitative estimate of drug-likeness (QED) is 0.712. The van der Waals surface area contributed by atoms with E-state index in [2.05, 4.69) is 9.97 Å². The summed E-state index contributed by atoms with van der Waals surface area (Å²) < 4.78 is 5.47. The molecule has 5 rings (SSSR count). The van der Waals surface area contributed by atoms with E-state index in [1.807, 2.05) is 41.3 Å². The lowest BCUT2D eigenvalue weighted by Crippen LogP contribution is -2.44. The Bertz CT molecular complexity index is 1010. The number of hydrogen-bond acceptors (Lipinski definition) is 4. The van der Waals surface area contributed by atoms with Gasteiger partial charge in [0.2, 0.25) is 0 Å². The lowest BCUT2D eigenvalue weighted by Gasteiger charge is -2.30. The van der Waals surface area contributed by atoms with Crippen LogP contribution in [0, 0.1) is 0 Å². The highest BCUT2D eigenvalue weighted by Crippen LogP contribution is 2.33. The lowest BCUT2D eigenvalue weighted by molar-refractivity contribution is -0.142. The van der Waals surface area contributed by atoms with Crippen molar-refractivity contribution in [2.75, 3.05) is 6.54 Å². The summed E-state index contributed by atoms with van der Waals surface area (Å²) in [5.41, 5.74) is 3.28. The minimum absolute atomic E-state index is 0.110. The fraction of sp³-hybridized carbons (Fsp3) is 0.286. The number of likely N-dealkylation sites (tertiary alicyclic amines) is 1. The van der Waals surface area contributed by atoms with Gasteiger partial charge in [0.25, 0.3) is 5.91 Å². The Hall–Kier alpha value is -3.15. The SMILES string of the molecule is O=C1OC(C(=O)N2CCCC2c2nc3ccccc3[nH]2)Cc2ccccc21. The minimum atomic E-state index is -0.766. The number of aromatic amines is 1. The number of ether oxygens (including phenoxy) is 1. The summed E-state index contributed by atoms with van der Waals surface area (Å²) in [6, 6.07) is 15.0. The number of amides is 1. The van der Waals surface area contributed by atoms with E-state index in [-0.39, 0.29) is 11.9 Å². The second-order valence-electron chi connectivity index (χ2n) is 7.08. The first kappa shape index (κ1) is 16.1. The van der Waals surface area contributed by atoms with E-state index in [0.29, 0.717) is 18.5 Å². The van der Waals surface area contributed by atoms with Crippen LogP contribution in [0.1, 0.15) is 40.6 Å². The van der Waals surface area contributed by atoms with Crippen molar-refractivity contribution in [2.45, 2.75) is 31.4 Å². The molecule has 0 radical (unpaired) electrons. The molecule has 1 saturated heterocycles. The number of fused-ring (bicyclic) bond motifs is 2. The largest absolute Gasteiger partial charge is 0.448 e. The third-order valence-electron chi connectivity index (χ3n) is 5.43. The number of benzene rings is 2. The molecule has 2 unspecified atom stereocenters. The van der Waals surface area contributed by atoms with Crippen molar-refractivity contribution in [3.8, 4) is 0 Å². The molecule has 3 heterocycles. The highest BCUT2D eigenvalue weighted by atomic mass is 16.5. The molecule has 136 valence electrons. The Morgan fingerprint density at radius 3 is 2.85 bits per heavy atom. The van der Waals surface area contributed by atoms with Crippen molar-refractivity contribution in [2.24, 2.45) is 0 Å². The molecule has 0 aliphatic carbocycles. The molecule has 1 amide bonds. The number of imidazole rings is 1. The third-order valence-corrected chi connectivity index (χ3v) is 5.43. The van der Waals surface area contributed by atoms with Crippen LogP contribution in [-0.2, 0) is 16.0 Å². The topological polar surface area (TPSA) is 75.3 Å². The molecule has 2 aromatic carbocycles. The van der Waals surface area contributed by atoms with E-state index in [1.54, 1.807) is 12.1 Å². The summed E-state index contributed by atoms with van der Waals surface area (Å²) in [4.78, 5) is 35.2. The summed E-state index contributed by atoms with van der Waals surface area (Å²) in [5, 5.41) is 0. The van der Waals surface area contributed by atoms with Crippen molar-refractivity contribution in [3.05, 3.63) is 65.5 Å². The molecule has 1 N–H and O–H groups in total. The number of aromatic nitrogens is 2. The second kappa shape index (κ2) is 6.23. The van der Waals surface area contributed by atoms with Crippen LogP contribution in [0.3, 0.4) is 0 Å². The lowest BCUT2D eigenvalue weighted by atomic mass is 9.98. The predicted molar refractivity (Wildman–Crippen MR) is 99.1 cm³/mol. The number of carbonyl (C=O) groups is 2. The van der Waals surface area contributed by atoms with Crippen molar-refractivity contribution in [3.63, 3.8) is 0 Å². The number of H-pyrrole nitrogens is 1. The number of nitrogens with one attached hydrogen (secondary N) is 1. The van der Waals surface area contributed by atoms with Gasteiger partial charge < -0.3 is 14.6 Å². The summed E-state index contributed by atoms with van der Waals surface area (Å²) in [6.07, 6.45) is 1.41. The van der Waals surface area contributed by atoms with Crippen LogP contribution in [0.15, 0.2) is 48.5 Å². The number of cyclic esters (lactones) is 1. The molecule has 3 aromatic rings. The van der Waals surface area contributed by atoms with Gasteiger partial charge in [0.15, 0.2) is 6.10 Å². The van der Waals surface area contributed by atoms with Gasteiger partial charge in [-0.05, 0) is 36.6 Å². The summed E-state index contributed by atoms with van der Waals surface area (Å²) in [5.74, 6) is 0.236. The van der Waals surface area contributed by atoms with Crippen molar-refractivity contribution in [1.29, 1.82) is 0 Å². The van der Waals surface area contributed by atoms with E-state index in [4.69, 9.17) is 4.74 Å². The zero-order chi connectivity index (χ0) is 18.4. The van der Waals surface area contributed by atoms with Gasteiger partial charge in [-0.25, -0.2) is 9.78 Å². The fourth-order valence-corrected chi connectivity index (χ4v) is 4.10. The van der Waals surface area contributed by atoms with E-state index >= 15 is 0 Å². The molecular formula is C21H19N3O3. The Morgan fingerprint density at radius 1 is 1.15 bits per heavy atom. The number of para-hydroxylation sites is 2. The number of rotatable bonds is 2. The van der Waals surface area contributed by atoms with Gasteiger partial charge in [0, 0.05) is 13.0 Å². The van der Waals surface area contributed by atoms with Crippen molar-refractivity contribution >= 4 is 22.9 Å². The third kappa shape index (κ3) is 2.68. The molecule has 1 aromatic heterocycles. The normalized spacial score (nSPS) is 21.9. The molecule has 0 bridgehead atoms. The fourth-order valence-electron chi connectivity index (χ4n) is 4.10. The molecule has 0 saturated carbocycles. The Balaban J connectivity index is 1.42. The van der Waals surface area contributed by atoms with Gasteiger partial charge in [-0.3, -0.25) is 4.79 Å². The standard InChI is InChI=1S/C21H19N3O3/c25-20(18-12-13-6-1-2-7-14(13)21(26)27-18)24-11-5-10-17(24)19-22-15-8-3-4-9-16(15)23-19/h1-4,6-9,17-18H,5,10-12H2,(H,22,23). The maximum atomic E-state index is 13.2. The van der Waals surface area contributed by atoms with Crippen LogP contribution in [0.2, 0.25) is 0 Å². The van der Waals surface area contributed by atoms with Crippen LogP contribution in [0.25, 0.3) is 11.0 Å². The molecule has 0 spiro atoms. The Labute approximate surface area is 156 Å². The van der Waals surface area contributed by atoms with Crippen LogP contribution in [0.5, 0.6) is 0 Å². The summed E-state index contributed by atoms with van der Waals surface area (Å²) in [6.45, 7) is 0.649. The molecule has 2 atom stereocenters. The first-order chi connectivity index (χ1) is 13.2. The summed E-state index contributed by atoms with van der Waals surface area (Å²) >= 11 is 0. The first-order valence-corrected chi connectivity index (χ1v) is 9.25. The first-order valence-electron chi connectivity index (χ1n) is 9.25. The van der Waals surface area contributed by atoms with Crippen LogP contribution in [-0.4, -0.2) is 39.4 Å². The van der Waals surface area contributed by atoms with Crippen molar-refractivity contribution < 1.29 is 14.3 Å². The van der Waals surface area contributed by atoms with Crippen molar-refractivity contribution in [1.82, 2.24) is 14.9 Å². The van der Waals surface area contributed by atoms with Crippen LogP contribution >= 0.6 is 0 Å². The molecule has 6 nitrogen and oxygen atoms in total. The molecule has 6 heteroatoms. The van der Waals surface area contributed by atoms with Gasteiger partial charge in [-0.1, -0.05) is 30.3 Å². The predicted octanol–water partition coefficient (Wildman–Crippen LogP) is 3.01. The average molecular weight is 361 g/mol. The monoisotopic (exact) mass is 361 g/mol. The summed E-state index contributed by atoms with van der Waals surface area (Å²) in [7, 11) is 0. The van der Waals surface area contributed by atoms with E-state index in [9.17, 15) is 9.59 Å². The van der Waals surface area contributed by atoms with Gasteiger partial charge in [-0.2, -0.15) is 0 Å². The zero-order valence-electron chi connectivity index (χ0n) is 14.7. The molecule has 1 fully saturated rings. The Kier molecular flexibility index (Phi) is 3.70. The van der Waals surface area contributed by atoms with E-state index in [0.717, 1.165) is 35.3 Å². The number of hydrogen-bond donors (Lipinski definition) is 1. The number of nitrogens with zero attached hydrogens (tertiary/aromatic N) is 2. The van der Waals surface area contributed by atoms with Gasteiger partial charge in [0.1, 0.15) is 5.82 Å². The maximum absolute atomic E-state index is 13.2. The number of esters is 1. The smallest absolute Gasteiger partial charge is 0.339 e. The zero-order valence-corrected chi connectivity index (χ0v) is 14.7. The Morgan fingerprint density at radius 2 is 1.96 bits per heavy atom. The number of carbonyl (C=O) groups excluding carboxylic acids is 2. The van der Waals surface area contributed by atoms with Gasteiger partial charge >= 0.3 is 5.97 Å². The maximum Gasteiger partial charge on any atom is 0.339 e. The highest BCUT2D eigenvalue weighted by Gasteiger charge is 2.39. The second-order valence-corrected chi connectivity index (χ2v) is 7.08. The molecule has 2 aliphatic heterocycles. The minimum Gasteiger partial charge on any atom is -0.448 e. The average Bonchev–Trinajstić information content (AvgIpc) is 3.34. The molecule has 27 heavy (non-hydrogen) atoms. The van der Waals surface area contributed by atoms with Gasteiger partial charge in [0.05, 0.1) is 22.6 Å². The van der Waals surface area contributed by atoms with E-state index in [1.165, 1.54) is 0 Å². The highest BCUT2D eigenvalue weighted by molar-refractivity contribution is 5.96. The molecular weight excluding hydrogens is 342 g/mol. The van der Waals surface area contributed by atoms with E-state index < -0.39 is 12.1 Å². The van der Waals surface area contributed by atoms with Gasteiger partial charge in [-0.15, -0.1) is 0 Å².